The molecule has 0 aliphatic rings. The summed E-state index contributed by atoms with van der Waals surface area (Å²) in [7, 11) is 1.65. The number of hydrogen-bond donors (Lipinski definition) is 2. The van der Waals surface area contributed by atoms with E-state index in [4.69, 9.17) is 4.74 Å². The molecule has 0 aliphatic heterocycles. The van der Waals surface area contributed by atoms with Gasteiger partial charge < -0.3 is 19.8 Å². The largest absolute Gasteiger partial charge is 0.496 e. The maximum absolute atomic E-state index is 11.9. The van der Waals surface area contributed by atoms with Crippen LogP contribution in [0.3, 0.4) is 0 Å². The Balaban J connectivity index is 1.48. The number of nitrogens with zero attached hydrogens (tertiary/aromatic N) is 2. The van der Waals surface area contributed by atoms with Gasteiger partial charge in [-0.1, -0.05) is 24.3 Å². The molecule has 24 heavy (non-hydrogen) atoms. The van der Waals surface area contributed by atoms with E-state index in [1.807, 2.05) is 53.1 Å². The van der Waals surface area contributed by atoms with Crippen LogP contribution >= 0.6 is 0 Å². The van der Waals surface area contributed by atoms with Gasteiger partial charge in [0.2, 0.25) is 0 Å². The van der Waals surface area contributed by atoms with Crippen LogP contribution < -0.4 is 15.4 Å². The molecule has 2 heterocycles. The highest BCUT2D eigenvalue weighted by Crippen LogP contribution is 2.17. The van der Waals surface area contributed by atoms with Gasteiger partial charge in [-0.25, -0.2) is 9.78 Å². The molecule has 0 radical (unpaired) electrons. The number of fused-ring (bicyclic) bond motifs is 1. The van der Waals surface area contributed by atoms with Crippen molar-refractivity contribution in [3.05, 3.63) is 66.2 Å². The third-order valence-corrected chi connectivity index (χ3v) is 3.79. The van der Waals surface area contributed by atoms with Crippen LogP contribution in [0.5, 0.6) is 5.75 Å². The van der Waals surface area contributed by atoms with Gasteiger partial charge in [-0.3, -0.25) is 0 Å². The molecule has 6 nitrogen and oxygen atoms in total. The van der Waals surface area contributed by atoms with Gasteiger partial charge in [0.15, 0.2) is 0 Å². The molecule has 0 atom stereocenters. The number of rotatable bonds is 6. The van der Waals surface area contributed by atoms with Crippen molar-refractivity contribution in [2.24, 2.45) is 0 Å². The number of pyridine rings is 1. The van der Waals surface area contributed by atoms with Crippen molar-refractivity contribution in [2.75, 3.05) is 13.7 Å². The first-order chi connectivity index (χ1) is 11.8. The van der Waals surface area contributed by atoms with Crippen molar-refractivity contribution in [3.8, 4) is 5.75 Å². The standard InChI is InChI=1S/C18H20N4O2/c1-24-16-8-3-2-6-14(16)9-10-19-18(23)21-13-17-20-12-15-7-4-5-11-22(15)17/h2-8,11-12H,9-10,13H2,1H3,(H2,19,21,23). The predicted molar refractivity (Wildman–Crippen MR) is 92.1 cm³/mol. The number of hydrogen-bond acceptors (Lipinski definition) is 3. The monoisotopic (exact) mass is 324 g/mol. The molecule has 6 heteroatoms. The summed E-state index contributed by atoms with van der Waals surface area (Å²) in [6.07, 6.45) is 4.43. The second-order valence-electron chi connectivity index (χ2n) is 5.34. The van der Waals surface area contributed by atoms with Crippen LogP contribution in [0.1, 0.15) is 11.4 Å². The van der Waals surface area contributed by atoms with E-state index in [1.54, 1.807) is 13.3 Å². The van der Waals surface area contributed by atoms with E-state index >= 15 is 0 Å². The molecule has 0 fully saturated rings. The van der Waals surface area contributed by atoms with Gasteiger partial charge in [-0.2, -0.15) is 0 Å². The molecule has 0 spiro atoms. The third-order valence-electron chi connectivity index (χ3n) is 3.79. The van der Waals surface area contributed by atoms with Gasteiger partial charge in [-0.05, 0) is 30.2 Å². The van der Waals surface area contributed by atoms with Crippen molar-refractivity contribution in [1.29, 1.82) is 0 Å². The number of imidazole rings is 1. The number of benzene rings is 1. The molecular formula is C18H20N4O2. The van der Waals surface area contributed by atoms with Crippen molar-refractivity contribution < 1.29 is 9.53 Å². The van der Waals surface area contributed by atoms with Gasteiger partial charge in [0.05, 0.1) is 25.4 Å². The maximum Gasteiger partial charge on any atom is 0.315 e. The Labute approximate surface area is 140 Å². The summed E-state index contributed by atoms with van der Waals surface area (Å²) in [6.45, 7) is 0.910. The molecule has 124 valence electrons. The lowest BCUT2D eigenvalue weighted by atomic mass is 10.1. The number of carbonyl (C=O) groups excluding carboxylic acids is 1. The Morgan fingerprint density at radius 2 is 2.00 bits per heavy atom. The first-order valence-electron chi connectivity index (χ1n) is 7.82. The van der Waals surface area contributed by atoms with E-state index in [0.29, 0.717) is 19.5 Å². The average molecular weight is 324 g/mol. The smallest absolute Gasteiger partial charge is 0.315 e. The molecule has 2 aromatic heterocycles. The van der Waals surface area contributed by atoms with Gasteiger partial charge in [0.25, 0.3) is 0 Å². The SMILES string of the molecule is COc1ccccc1CCNC(=O)NCc1ncc2ccccn12. The van der Waals surface area contributed by atoms with Crippen LogP contribution in [-0.4, -0.2) is 29.1 Å². The number of aromatic nitrogens is 2. The van der Waals surface area contributed by atoms with Crippen molar-refractivity contribution in [2.45, 2.75) is 13.0 Å². The number of carbonyl (C=O) groups is 1. The second kappa shape index (κ2) is 7.50. The van der Waals surface area contributed by atoms with Gasteiger partial charge >= 0.3 is 6.03 Å². The molecule has 1 aromatic carbocycles. The summed E-state index contributed by atoms with van der Waals surface area (Å²) in [6, 6.07) is 13.5. The number of urea groups is 1. The van der Waals surface area contributed by atoms with Crippen molar-refractivity contribution in [3.63, 3.8) is 0 Å². The summed E-state index contributed by atoms with van der Waals surface area (Å²) >= 11 is 0. The van der Waals surface area contributed by atoms with Gasteiger partial charge in [0.1, 0.15) is 11.6 Å². The number of para-hydroxylation sites is 1. The summed E-state index contributed by atoms with van der Waals surface area (Å²) in [4.78, 5) is 16.3. The first kappa shape index (κ1) is 15.9. The summed E-state index contributed by atoms with van der Waals surface area (Å²) in [5.41, 5.74) is 2.07. The third kappa shape index (κ3) is 3.65. The lowest BCUT2D eigenvalue weighted by Crippen LogP contribution is -2.36. The highest BCUT2D eigenvalue weighted by Gasteiger charge is 2.06. The first-order valence-corrected chi connectivity index (χ1v) is 7.82. The number of amides is 2. The molecule has 2 N–H and O–H groups in total. The fraction of sp³-hybridized carbons (Fsp3) is 0.222. The second-order valence-corrected chi connectivity index (χ2v) is 5.34. The van der Waals surface area contributed by atoms with Crippen molar-refractivity contribution in [1.82, 2.24) is 20.0 Å². The van der Waals surface area contributed by atoms with Gasteiger partial charge in [0, 0.05) is 12.7 Å². The molecule has 2 amide bonds. The molecule has 0 saturated heterocycles. The molecule has 0 aliphatic carbocycles. The Hall–Kier alpha value is -3.02. The molecule has 0 saturated carbocycles. The van der Waals surface area contributed by atoms with Crippen LogP contribution in [0.25, 0.3) is 5.52 Å². The van der Waals surface area contributed by atoms with Gasteiger partial charge in [-0.15, -0.1) is 0 Å². The minimum absolute atomic E-state index is 0.211. The molecule has 0 bridgehead atoms. The topological polar surface area (TPSA) is 67.7 Å². The normalized spacial score (nSPS) is 10.5. The Kier molecular flexibility index (Phi) is 4.96. The van der Waals surface area contributed by atoms with Crippen LogP contribution in [0.15, 0.2) is 54.9 Å². The number of ether oxygens (including phenoxy) is 1. The van der Waals surface area contributed by atoms with Crippen LogP contribution in [0, 0.1) is 0 Å². The van der Waals surface area contributed by atoms with Crippen LogP contribution in [-0.2, 0) is 13.0 Å². The average Bonchev–Trinajstić information content (AvgIpc) is 3.03. The zero-order valence-corrected chi connectivity index (χ0v) is 13.5. The lowest BCUT2D eigenvalue weighted by Gasteiger charge is -2.10. The van der Waals surface area contributed by atoms with Crippen LogP contribution in [0.2, 0.25) is 0 Å². The highest BCUT2D eigenvalue weighted by atomic mass is 16.5. The molecular weight excluding hydrogens is 304 g/mol. The van der Waals surface area contributed by atoms with E-state index in [1.165, 1.54) is 0 Å². The van der Waals surface area contributed by atoms with E-state index in [0.717, 1.165) is 22.7 Å². The zero-order valence-electron chi connectivity index (χ0n) is 13.5. The van der Waals surface area contributed by atoms with E-state index in [9.17, 15) is 4.79 Å². The van der Waals surface area contributed by atoms with E-state index in [-0.39, 0.29) is 6.03 Å². The number of methoxy groups -OCH3 is 1. The highest BCUT2D eigenvalue weighted by molar-refractivity contribution is 5.73. The molecule has 3 rings (SSSR count). The Bertz CT molecular complexity index is 829. The maximum atomic E-state index is 11.9. The fourth-order valence-electron chi connectivity index (χ4n) is 2.57. The predicted octanol–water partition coefficient (Wildman–Crippen LogP) is 2.38. The number of nitrogens with one attached hydrogen (secondary N) is 2. The minimum atomic E-state index is -0.211. The quantitative estimate of drug-likeness (QED) is 0.731. The summed E-state index contributed by atoms with van der Waals surface area (Å²) < 4.78 is 7.25. The summed E-state index contributed by atoms with van der Waals surface area (Å²) in [5, 5.41) is 5.68. The zero-order chi connectivity index (χ0) is 16.8. The fourth-order valence-corrected chi connectivity index (χ4v) is 2.57. The Morgan fingerprint density at radius 1 is 1.17 bits per heavy atom. The molecule has 0 unspecified atom stereocenters. The van der Waals surface area contributed by atoms with E-state index < -0.39 is 0 Å². The summed E-state index contributed by atoms with van der Waals surface area (Å²) in [5.74, 6) is 1.63. The van der Waals surface area contributed by atoms with Crippen molar-refractivity contribution >= 4 is 11.5 Å². The Morgan fingerprint density at radius 3 is 2.88 bits per heavy atom. The molecule has 3 aromatic rings. The lowest BCUT2D eigenvalue weighted by molar-refractivity contribution is 0.240. The van der Waals surface area contributed by atoms with Crippen LogP contribution in [0.4, 0.5) is 4.79 Å². The minimum Gasteiger partial charge on any atom is -0.496 e. The van der Waals surface area contributed by atoms with E-state index in [2.05, 4.69) is 15.6 Å².